The first kappa shape index (κ1) is 9.88. The Balaban J connectivity index is 2.56. The molecule has 5 heteroatoms. The molecule has 1 heterocycles. The van der Waals surface area contributed by atoms with E-state index in [1.54, 1.807) is 19.2 Å². The van der Waals surface area contributed by atoms with Crippen LogP contribution in [0.25, 0.3) is 0 Å². The molecule has 0 aliphatic carbocycles. The second kappa shape index (κ2) is 4.74. The number of aromatic nitrogens is 2. The first-order chi connectivity index (χ1) is 6.22. The van der Waals surface area contributed by atoms with Crippen molar-refractivity contribution in [3.05, 3.63) is 18.0 Å². The topological polar surface area (TPSA) is 78.3 Å². The van der Waals surface area contributed by atoms with Crippen LogP contribution in [0.3, 0.4) is 0 Å². The van der Waals surface area contributed by atoms with Crippen molar-refractivity contribution in [2.45, 2.75) is 19.6 Å². The molecule has 0 amide bonds. The van der Waals surface area contributed by atoms with Crippen LogP contribution in [0.15, 0.2) is 12.3 Å². The minimum Gasteiger partial charge on any atom is -0.392 e. The molecule has 1 rings (SSSR count). The lowest BCUT2D eigenvalue weighted by Crippen LogP contribution is -2.17. The van der Waals surface area contributed by atoms with E-state index < -0.39 is 6.10 Å². The van der Waals surface area contributed by atoms with Crippen molar-refractivity contribution in [3.8, 4) is 0 Å². The molecular weight excluding hydrogens is 170 g/mol. The molecule has 1 aromatic rings. The van der Waals surface area contributed by atoms with Crippen LogP contribution in [-0.2, 0) is 6.61 Å². The largest absolute Gasteiger partial charge is 0.392 e. The van der Waals surface area contributed by atoms with Gasteiger partial charge in [0.2, 0.25) is 5.95 Å². The predicted octanol–water partition coefficient (Wildman–Crippen LogP) is -0.238. The molecule has 72 valence electrons. The number of anilines is 1. The summed E-state index contributed by atoms with van der Waals surface area (Å²) in [5, 5.41) is 20.6. The van der Waals surface area contributed by atoms with E-state index in [-0.39, 0.29) is 6.61 Å². The highest BCUT2D eigenvalue weighted by Crippen LogP contribution is 1.99. The van der Waals surface area contributed by atoms with Gasteiger partial charge in [0.25, 0.3) is 0 Å². The lowest BCUT2D eigenvalue weighted by molar-refractivity contribution is 0.208. The number of hydrogen-bond donors (Lipinski definition) is 3. The van der Waals surface area contributed by atoms with Gasteiger partial charge in [-0.2, -0.15) is 0 Å². The van der Waals surface area contributed by atoms with Crippen molar-refractivity contribution in [2.75, 3.05) is 11.9 Å². The second-order valence-corrected chi connectivity index (χ2v) is 2.76. The maximum absolute atomic E-state index is 8.97. The molecule has 1 atom stereocenters. The summed E-state index contributed by atoms with van der Waals surface area (Å²) >= 11 is 0. The molecule has 0 aromatic carbocycles. The normalized spacial score (nSPS) is 12.5. The fraction of sp³-hybridized carbons (Fsp3) is 0.500. The summed E-state index contributed by atoms with van der Waals surface area (Å²) in [6.45, 7) is 1.96. The number of rotatable bonds is 4. The molecule has 3 N–H and O–H groups in total. The molecule has 0 unspecified atom stereocenters. The van der Waals surface area contributed by atoms with E-state index in [0.29, 0.717) is 18.2 Å². The Hall–Kier alpha value is -1.20. The van der Waals surface area contributed by atoms with Crippen molar-refractivity contribution in [1.29, 1.82) is 0 Å². The van der Waals surface area contributed by atoms with Gasteiger partial charge in [0.15, 0.2) is 0 Å². The summed E-state index contributed by atoms with van der Waals surface area (Å²) in [7, 11) is 0. The van der Waals surface area contributed by atoms with Gasteiger partial charge in [0.1, 0.15) is 0 Å². The number of aliphatic hydroxyl groups excluding tert-OH is 2. The lowest BCUT2D eigenvalue weighted by atomic mass is 10.4. The Morgan fingerprint density at radius 2 is 2.38 bits per heavy atom. The average molecular weight is 183 g/mol. The van der Waals surface area contributed by atoms with Gasteiger partial charge in [0.05, 0.1) is 18.4 Å². The molecule has 1 aromatic heterocycles. The third kappa shape index (κ3) is 3.35. The maximum atomic E-state index is 8.97. The van der Waals surface area contributed by atoms with Crippen molar-refractivity contribution < 1.29 is 10.2 Å². The molecule has 0 aliphatic heterocycles. The fourth-order valence-electron chi connectivity index (χ4n) is 0.808. The lowest BCUT2D eigenvalue weighted by Gasteiger charge is -2.06. The van der Waals surface area contributed by atoms with Crippen LogP contribution in [0.2, 0.25) is 0 Å². The minimum absolute atomic E-state index is 0.105. The molecule has 0 spiro atoms. The van der Waals surface area contributed by atoms with Crippen molar-refractivity contribution >= 4 is 5.95 Å². The standard InChI is InChI=1S/C8H13N3O2/c1-6(13)4-10-8-9-3-2-7(5-12)11-8/h2-3,6,12-13H,4-5H2,1H3,(H,9,10,11)/t6-/m1/s1. The van der Waals surface area contributed by atoms with Gasteiger partial charge in [-0.15, -0.1) is 0 Å². The highest BCUT2D eigenvalue weighted by molar-refractivity contribution is 5.24. The zero-order chi connectivity index (χ0) is 9.68. The summed E-state index contributed by atoms with van der Waals surface area (Å²) in [4.78, 5) is 7.89. The number of nitrogens with one attached hydrogen (secondary N) is 1. The van der Waals surface area contributed by atoms with Gasteiger partial charge in [-0.05, 0) is 13.0 Å². The molecule has 0 saturated carbocycles. The summed E-state index contributed by atoms with van der Waals surface area (Å²) in [5.74, 6) is 0.424. The number of aliphatic hydroxyl groups is 2. The summed E-state index contributed by atoms with van der Waals surface area (Å²) in [6.07, 6.45) is 1.12. The minimum atomic E-state index is -0.443. The maximum Gasteiger partial charge on any atom is 0.223 e. The van der Waals surface area contributed by atoms with Crippen LogP contribution in [0.5, 0.6) is 0 Å². The average Bonchev–Trinajstić information content (AvgIpc) is 2.15. The van der Waals surface area contributed by atoms with Crippen LogP contribution in [-0.4, -0.2) is 32.8 Å². The third-order valence-electron chi connectivity index (χ3n) is 1.43. The Morgan fingerprint density at radius 3 is 3.00 bits per heavy atom. The first-order valence-corrected chi connectivity index (χ1v) is 4.07. The van der Waals surface area contributed by atoms with Gasteiger partial charge in [0, 0.05) is 12.7 Å². The van der Waals surface area contributed by atoms with E-state index >= 15 is 0 Å². The van der Waals surface area contributed by atoms with Gasteiger partial charge >= 0.3 is 0 Å². The van der Waals surface area contributed by atoms with Gasteiger partial charge in [-0.25, -0.2) is 9.97 Å². The van der Waals surface area contributed by atoms with E-state index in [1.165, 1.54) is 0 Å². The van der Waals surface area contributed by atoms with Gasteiger partial charge < -0.3 is 15.5 Å². The zero-order valence-corrected chi connectivity index (χ0v) is 7.44. The van der Waals surface area contributed by atoms with E-state index in [1.807, 2.05) is 0 Å². The van der Waals surface area contributed by atoms with Crippen LogP contribution in [0.1, 0.15) is 12.6 Å². The highest BCUT2D eigenvalue weighted by atomic mass is 16.3. The molecular formula is C8H13N3O2. The summed E-state index contributed by atoms with van der Waals surface area (Å²) < 4.78 is 0. The molecule has 0 aliphatic rings. The quantitative estimate of drug-likeness (QED) is 0.600. The van der Waals surface area contributed by atoms with Crippen LogP contribution in [0, 0.1) is 0 Å². The molecule has 0 bridgehead atoms. The first-order valence-electron chi connectivity index (χ1n) is 4.07. The molecule has 0 radical (unpaired) electrons. The second-order valence-electron chi connectivity index (χ2n) is 2.76. The zero-order valence-electron chi connectivity index (χ0n) is 7.44. The van der Waals surface area contributed by atoms with Crippen LogP contribution < -0.4 is 5.32 Å². The van der Waals surface area contributed by atoms with E-state index in [2.05, 4.69) is 15.3 Å². The van der Waals surface area contributed by atoms with Crippen molar-refractivity contribution in [3.63, 3.8) is 0 Å². The summed E-state index contributed by atoms with van der Waals surface area (Å²) in [6, 6.07) is 1.63. The predicted molar refractivity (Wildman–Crippen MR) is 48.1 cm³/mol. The van der Waals surface area contributed by atoms with Gasteiger partial charge in [-0.1, -0.05) is 0 Å². The van der Waals surface area contributed by atoms with E-state index in [4.69, 9.17) is 10.2 Å². The third-order valence-corrected chi connectivity index (χ3v) is 1.43. The Bertz CT molecular complexity index is 265. The fourth-order valence-corrected chi connectivity index (χ4v) is 0.808. The SMILES string of the molecule is C[C@@H](O)CNc1nccc(CO)n1. The number of hydrogen-bond acceptors (Lipinski definition) is 5. The Morgan fingerprint density at radius 1 is 1.62 bits per heavy atom. The van der Waals surface area contributed by atoms with Gasteiger partial charge in [-0.3, -0.25) is 0 Å². The Labute approximate surface area is 76.5 Å². The summed E-state index contributed by atoms with van der Waals surface area (Å²) in [5.41, 5.74) is 0.558. The monoisotopic (exact) mass is 183 g/mol. The molecule has 0 fully saturated rings. The van der Waals surface area contributed by atoms with Crippen molar-refractivity contribution in [2.24, 2.45) is 0 Å². The smallest absolute Gasteiger partial charge is 0.223 e. The highest BCUT2D eigenvalue weighted by Gasteiger charge is 1.99. The molecule has 5 nitrogen and oxygen atoms in total. The van der Waals surface area contributed by atoms with Crippen LogP contribution in [0.4, 0.5) is 5.95 Å². The Kier molecular flexibility index (Phi) is 3.60. The van der Waals surface area contributed by atoms with E-state index in [0.717, 1.165) is 0 Å². The van der Waals surface area contributed by atoms with E-state index in [9.17, 15) is 0 Å². The van der Waals surface area contributed by atoms with Crippen molar-refractivity contribution in [1.82, 2.24) is 9.97 Å². The molecule has 0 saturated heterocycles. The number of nitrogens with zero attached hydrogens (tertiary/aromatic N) is 2. The molecule has 13 heavy (non-hydrogen) atoms. The van der Waals surface area contributed by atoms with Crippen LogP contribution >= 0.6 is 0 Å².